The van der Waals surface area contributed by atoms with Crippen LogP contribution in [-0.2, 0) is 16.6 Å². The van der Waals surface area contributed by atoms with Gasteiger partial charge in [0.25, 0.3) is 10.0 Å². The molecule has 4 nitrogen and oxygen atoms in total. The monoisotopic (exact) mass is 390 g/mol. The van der Waals surface area contributed by atoms with E-state index >= 15 is 0 Å². The highest BCUT2D eigenvalue weighted by Crippen LogP contribution is 2.24. The summed E-state index contributed by atoms with van der Waals surface area (Å²) in [6.45, 7) is 0.331. The molecule has 0 saturated heterocycles. The van der Waals surface area contributed by atoms with Crippen molar-refractivity contribution in [3.63, 3.8) is 0 Å². The zero-order valence-electron chi connectivity index (χ0n) is 13.6. The fraction of sp³-hybridized carbons (Fsp3) is 0.0526. The molecular formula is C19H16ClFN2O2S. The maximum Gasteiger partial charge on any atom is 0.263 e. The second kappa shape index (κ2) is 7.76. The number of anilines is 2. The van der Waals surface area contributed by atoms with E-state index in [0.717, 1.165) is 5.69 Å². The quantitative estimate of drug-likeness (QED) is 0.629. The van der Waals surface area contributed by atoms with E-state index in [9.17, 15) is 12.8 Å². The molecule has 2 N–H and O–H groups in total. The van der Waals surface area contributed by atoms with Gasteiger partial charge in [-0.3, -0.25) is 4.72 Å². The summed E-state index contributed by atoms with van der Waals surface area (Å²) in [5.74, 6) is -0.274. The first-order valence-corrected chi connectivity index (χ1v) is 9.66. The van der Waals surface area contributed by atoms with Crippen LogP contribution in [0.4, 0.5) is 15.8 Å². The molecule has 0 unspecified atom stereocenters. The van der Waals surface area contributed by atoms with Crippen LogP contribution >= 0.6 is 11.6 Å². The van der Waals surface area contributed by atoms with Gasteiger partial charge in [-0.2, -0.15) is 0 Å². The highest BCUT2D eigenvalue weighted by molar-refractivity contribution is 7.92. The third-order valence-corrected chi connectivity index (χ3v) is 5.59. The van der Waals surface area contributed by atoms with E-state index in [0.29, 0.717) is 17.8 Å². The van der Waals surface area contributed by atoms with Crippen LogP contribution in [0.1, 0.15) is 5.56 Å². The molecule has 0 aromatic heterocycles. The molecule has 0 aliphatic carbocycles. The number of hydrogen-bond donors (Lipinski definition) is 2. The van der Waals surface area contributed by atoms with Gasteiger partial charge in [0, 0.05) is 23.5 Å². The summed E-state index contributed by atoms with van der Waals surface area (Å²) in [7, 11) is -3.77. The lowest BCUT2D eigenvalue weighted by Gasteiger charge is -2.11. The van der Waals surface area contributed by atoms with E-state index < -0.39 is 10.0 Å². The van der Waals surface area contributed by atoms with Crippen LogP contribution in [0.15, 0.2) is 77.7 Å². The summed E-state index contributed by atoms with van der Waals surface area (Å²) >= 11 is 5.95. The lowest BCUT2D eigenvalue weighted by molar-refractivity contribution is 0.601. The van der Waals surface area contributed by atoms with Crippen molar-refractivity contribution in [1.82, 2.24) is 0 Å². The van der Waals surface area contributed by atoms with Crippen molar-refractivity contribution in [3.8, 4) is 0 Å². The largest absolute Gasteiger partial charge is 0.381 e. The maximum atomic E-state index is 13.6. The van der Waals surface area contributed by atoms with Crippen LogP contribution in [0, 0.1) is 5.82 Å². The number of nitrogens with one attached hydrogen (secondary N) is 2. The number of halogens is 2. The Kier molecular flexibility index (Phi) is 5.44. The van der Waals surface area contributed by atoms with E-state index in [1.165, 1.54) is 18.2 Å². The maximum absolute atomic E-state index is 13.6. The molecule has 0 heterocycles. The van der Waals surface area contributed by atoms with E-state index in [4.69, 9.17) is 11.6 Å². The highest BCUT2D eigenvalue weighted by atomic mass is 35.5. The molecule has 3 aromatic carbocycles. The Bertz CT molecular complexity index is 1010. The normalized spacial score (nSPS) is 11.2. The fourth-order valence-corrected chi connectivity index (χ4v) is 3.95. The van der Waals surface area contributed by atoms with Crippen molar-refractivity contribution in [2.24, 2.45) is 0 Å². The van der Waals surface area contributed by atoms with Gasteiger partial charge in [0.1, 0.15) is 10.7 Å². The molecule has 0 aliphatic heterocycles. The Morgan fingerprint density at radius 1 is 0.846 bits per heavy atom. The van der Waals surface area contributed by atoms with Gasteiger partial charge >= 0.3 is 0 Å². The standard InChI is InChI=1S/C19H16ClFN2O2S/c20-17-6-2-4-8-19(17)26(24,25)23-16-11-9-15(10-12-16)22-13-14-5-1-3-7-18(14)21/h1-12,22-23H,13H2. The zero-order valence-corrected chi connectivity index (χ0v) is 15.2. The Morgan fingerprint density at radius 3 is 2.15 bits per heavy atom. The van der Waals surface area contributed by atoms with Gasteiger partial charge in [0.05, 0.1) is 5.02 Å². The number of sulfonamides is 1. The fourth-order valence-electron chi connectivity index (χ4n) is 2.37. The van der Waals surface area contributed by atoms with Gasteiger partial charge < -0.3 is 5.32 Å². The molecule has 0 saturated carbocycles. The van der Waals surface area contributed by atoms with Crippen LogP contribution < -0.4 is 10.0 Å². The smallest absolute Gasteiger partial charge is 0.263 e. The minimum absolute atomic E-state index is 0.0171. The lowest BCUT2D eigenvalue weighted by atomic mass is 10.2. The minimum atomic E-state index is -3.77. The summed E-state index contributed by atoms with van der Waals surface area (Å²) in [6, 6.07) is 19.4. The molecule has 0 atom stereocenters. The highest BCUT2D eigenvalue weighted by Gasteiger charge is 2.17. The molecule has 0 spiro atoms. The predicted octanol–water partition coefficient (Wildman–Crippen LogP) is 4.89. The Balaban J connectivity index is 1.68. The van der Waals surface area contributed by atoms with Gasteiger partial charge in [0.2, 0.25) is 0 Å². The Hall–Kier alpha value is -2.57. The van der Waals surface area contributed by atoms with Crippen molar-refractivity contribution in [1.29, 1.82) is 0 Å². The van der Waals surface area contributed by atoms with Crippen molar-refractivity contribution in [2.45, 2.75) is 11.4 Å². The summed E-state index contributed by atoms with van der Waals surface area (Å²) in [6.07, 6.45) is 0. The first-order chi connectivity index (χ1) is 12.5. The topological polar surface area (TPSA) is 58.2 Å². The minimum Gasteiger partial charge on any atom is -0.381 e. The lowest BCUT2D eigenvalue weighted by Crippen LogP contribution is -2.13. The average molecular weight is 391 g/mol. The van der Waals surface area contributed by atoms with Gasteiger partial charge in [-0.25, -0.2) is 12.8 Å². The van der Waals surface area contributed by atoms with Crippen molar-refractivity contribution >= 4 is 33.0 Å². The van der Waals surface area contributed by atoms with Crippen LogP contribution in [0.25, 0.3) is 0 Å². The molecule has 26 heavy (non-hydrogen) atoms. The van der Waals surface area contributed by atoms with Crippen LogP contribution in [0.5, 0.6) is 0 Å². The summed E-state index contributed by atoms with van der Waals surface area (Å²) in [5, 5.41) is 3.25. The third kappa shape index (κ3) is 4.33. The first-order valence-electron chi connectivity index (χ1n) is 7.80. The summed E-state index contributed by atoms with van der Waals surface area (Å²) in [4.78, 5) is 0.0171. The molecule has 0 amide bonds. The molecule has 0 bridgehead atoms. The van der Waals surface area contributed by atoms with E-state index in [2.05, 4.69) is 10.0 Å². The van der Waals surface area contributed by atoms with Crippen LogP contribution in [0.3, 0.4) is 0 Å². The molecule has 0 fully saturated rings. The number of hydrogen-bond acceptors (Lipinski definition) is 3. The SMILES string of the molecule is O=S(=O)(Nc1ccc(NCc2ccccc2F)cc1)c1ccccc1Cl. The van der Waals surface area contributed by atoms with Gasteiger partial charge in [0.15, 0.2) is 0 Å². The first kappa shape index (κ1) is 18.2. The zero-order chi connectivity index (χ0) is 18.6. The second-order valence-corrected chi connectivity index (χ2v) is 7.62. The van der Waals surface area contributed by atoms with Gasteiger partial charge in [-0.05, 0) is 42.5 Å². The van der Waals surface area contributed by atoms with E-state index in [-0.39, 0.29) is 15.7 Å². The third-order valence-electron chi connectivity index (χ3n) is 3.70. The molecule has 3 rings (SSSR count). The molecule has 0 radical (unpaired) electrons. The summed E-state index contributed by atoms with van der Waals surface area (Å²) < 4.78 is 40.9. The van der Waals surface area contributed by atoms with Gasteiger partial charge in [-0.15, -0.1) is 0 Å². The molecule has 134 valence electrons. The van der Waals surface area contributed by atoms with Gasteiger partial charge in [-0.1, -0.05) is 41.9 Å². The number of benzene rings is 3. The predicted molar refractivity (Wildman–Crippen MR) is 102 cm³/mol. The van der Waals surface area contributed by atoms with Crippen LogP contribution in [0.2, 0.25) is 5.02 Å². The molecule has 0 aliphatic rings. The number of rotatable bonds is 6. The Labute approximate surface area is 156 Å². The second-order valence-electron chi connectivity index (χ2n) is 5.56. The Morgan fingerprint density at radius 2 is 1.46 bits per heavy atom. The molecule has 3 aromatic rings. The molecular weight excluding hydrogens is 375 g/mol. The summed E-state index contributed by atoms with van der Waals surface area (Å²) in [5.41, 5.74) is 1.70. The van der Waals surface area contributed by atoms with Crippen molar-refractivity contribution in [2.75, 3.05) is 10.0 Å². The van der Waals surface area contributed by atoms with Crippen molar-refractivity contribution < 1.29 is 12.8 Å². The average Bonchev–Trinajstić information content (AvgIpc) is 2.62. The molecule has 7 heteroatoms. The van der Waals surface area contributed by atoms with Crippen molar-refractivity contribution in [3.05, 3.63) is 89.2 Å². The van der Waals surface area contributed by atoms with E-state index in [1.54, 1.807) is 54.6 Å². The van der Waals surface area contributed by atoms with E-state index in [1.807, 2.05) is 0 Å². The van der Waals surface area contributed by atoms with Crippen LogP contribution in [-0.4, -0.2) is 8.42 Å².